The highest BCUT2D eigenvalue weighted by molar-refractivity contribution is 8.00. The summed E-state index contributed by atoms with van der Waals surface area (Å²) in [4.78, 5) is 216. The van der Waals surface area contributed by atoms with Crippen molar-refractivity contribution >= 4 is 129 Å². The predicted octanol–water partition coefficient (Wildman–Crippen LogP) is -4.91. The number of likely N-dealkylation sites (N-methyl/N-ethyl adjacent to an activating group) is 1. The van der Waals surface area contributed by atoms with Crippen LogP contribution in [0.5, 0.6) is 0 Å². The molecule has 3 aromatic rings. The van der Waals surface area contributed by atoms with Crippen molar-refractivity contribution in [3.05, 3.63) is 58.1 Å². The Bertz CT molecular complexity index is 4080. The molecule has 125 heavy (non-hydrogen) atoms. The number of nitro groups is 1. The highest BCUT2D eigenvalue weighted by atomic mass is 32.2. The predicted molar refractivity (Wildman–Crippen MR) is 463 cm³/mol. The summed E-state index contributed by atoms with van der Waals surface area (Å²) in [5, 5.41) is 80.8. The molecule has 12 amide bonds. The molecule has 698 valence electrons. The molecule has 0 unspecified atom stereocenters. The number of nitro benzene ring substituents is 1. The number of nitrogens with one attached hydrogen (secondary N) is 12. The lowest BCUT2D eigenvalue weighted by atomic mass is 9.96. The van der Waals surface area contributed by atoms with Crippen molar-refractivity contribution in [2.45, 2.75) is 218 Å². The molecule has 46 nitrogen and oxygen atoms in total. The third kappa shape index (κ3) is 39.4. The Labute approximate surface area is 728 Å². The minimum atomic E-state index is -1.99. The Kier molecular flexibility index (Phi) is 49.0. The van der Waals surface area contributed by atoms with Gasteiger partial charge in [-0.15, -0.1) is 11.8 Å². The molecule has 2 aromatic carbocycles. The molecule has 0 aliphatic heterocycles. The molecule has 1 heterocycles. The Morgan fingerprint density at radius 3 is 1.50 bits per heavy atom. The first-order chi connectivity index (χ1) is 59.2. The Hall–Kier alpha value is -11.7. The zero-order chi connectivity index (χ0) is 93.6. The number of carboxylic acid groups (broad SMARTS) is 1. The second-order valence-electron chi connectivity index (χ2n) is 31.1. The number of non-ortho nitro benzene ring substituents is 1. The summed E-state index contributed by atoms with van der Waals surface area (Å²) in [6.07, 6.45) is 2.33. The second kappa shape index (κ2) is 57.0. The minimum Gasteiger partial charge on any atom is -0.480 e. The van der Waals surface area contributed by atoms with E-state index in [1.165, 1.54) is 26.0 Å². The van der Waals surface area contributed by atoms with Crippen molar-refractivity contribution in [1.29, 1.82) is 0 Å². The average Bonchev–Trinajstić information content (AvgIpc) is 1.64. The maximum Gasteiger partial charge on any atom is 0.326 e. The van der Waals surface area contributed by atoms with E-state index < -0.39 is 209 Å². The van der Waals surface area contributed by atoms with E-state index in [2.05, 4.69) is 84.1 Å². The van der Waals surface area contributed by atoms with Crippen LogP contribution in [0.4, 0.5) is 11.4 Å². The number of ether oxygens (including phenoxy) is 1. The number of carbonyl (C=O) groups excluding carboxylic acids is 13. The Morgan fingerprint density at radius 2 is 1.00 bits per heavy atom. The molecule has 0 spiro atoms. The Morgan fingerprint density at radius 1 is 0.544 bits per heavy atom. The number of hydrogen-bond donors (Lipinski definition) is 22. The first-order valence-corrected chi connectivity index (χ1v) is 42.6. The van der Waals surface area contributed by atoms with Crippen LogP contribution in [0.1, 0.15) is 144 Å². The second-order valence-corrected chi connectivity index (χ2v) is 32.2. The summed E-state index contributed by atoms with van der Waals surface area (Å²) < 4.78 is 10.2. The molecule has 0 bridgehead atoms. The van der Waals surface area contributed by atoms with Gasteiger partial charge in [0.1, 0.15) is 73.1 Å². The highest BCUT2D eigenvalue weighted by Crippen LogP contribution is 2.31. The molecule has 0 radical (unpaired) electrons. The van der Waals surface area contributed by atoms with Crippen molar-refractivity contribution < 1.29 is 96.7 Å². The maximum atomic E-state index is 14.8. The standard InChI is InChI=1S/C78H129N25O21S/c1-10-45(8)62(99-70(113)52(35-43(4)5)92-65(108)47(81)22-14-16-28-79)74(117)88-37-59(106)98-61(44(6)7)75(118)97-56(40-125-41-60(107)123-33-32-102(9)57-26-27-58(103(121)122)64-63(57)100-124-101-64)73(116)96-55(39-105)72(115)95-54(38-104)71(114)93-51(34-42(2)3)68(111)94-53(36-46-20-12-11-13-21-46)69(112)90-48(24-18-30-86-77(82)83)66(109)89-49(25-19-31-87-78(84)85)67(110)91-50(76(119)120)23-15-17-29-80/h11-13,20-21,26-27,42-45,47-56,61-62,104-105H,10,14-19,22-25,28-41,79-81H2,1-9H3,(H,88,117)(H,89,109)(H,90,112)(H,91,110)(H,92,108)(H,93,114)(H,94,111)(H,95,115)(H,96,116)(H,97,118)(H,98,106)(H,99,113)(H,119,120)(H4,82,83,86)(H4,84,85,87)/t45-,47-,48-,49-,50-,51-,52-,53-,54-,55-,56-,61-,62-/m0/s1. The number of benzene rings is 2. The van der Waals surface area contributed by atoms with Crippen LogP contribution in [-0.4, -0.2) is 275 Å². The summed E-state index contributed by atoms with van der Waals surface area (Å²) in [6, 6.07) is -6.99. The van der Waals surface area contributed by atoms with Crippen LogP contribution in [0.25, 0.3) is 11.0 Å². The van der Waals surface area contributed by atoms with E-state index in [-0.39, 0.29) is 119 Å². The number of aliphatic carboxylic acids is 1. The van der Waals surface area contributed by atoms with Crippen LogP contribution < -0.4 is 109 Å². The molecule has 47 heteroatoms. The van der Waals surface area contributed by atoms with Gasteiger partial charge in [0.2, 0.25) is 76.4 Å². The zero-order valence-corrected chi connectivity index (χ0v) is 73.1. The van der Waals surface area contributed by atoms with E-state index in [0.29, 0.717) is 56.3 Å². The number of rotatable bonds is 61. The van der Waals surface area contributed by atoms with Crippen LogP contribution in [-0.2, 0) is 78.3 Å². The van der Waals surface area contributed by atoms with E-state index in [0.717, 1.165) is 11.8 Å². The van der Waals surface area contributed by atoms with Crippen molar-refractivity contribution in [1.82, 2.24) is 74.1 Å². The van der Waals surface area contributed by atoms with Gasteiger partial charge in [-0.2, -0.15) is 0 Å². The number of nitrogens with two attached hydrogens (primary N) is 7. The lowest BCUT2D eigenvalue weighted by molar-refractivity contribution is -0.383. The smallest absolute Gasteiger partial charge is 0.326 e. The van der Waals surface area contributed by atoms with Gasteiger partial charge in [-0.1, -0.05) is 98.6 Å². The summed E-state index contributed by atoms with van der Waals surface area (Å²) in [6.45, 7) is 10.8. The number of guanidine groups is 2. The number of aliphatic imine (C=N–C) groups is 2. The number of aliphatic hydroxyl groups is 2. The quantitative estimate of drug-likeness (QED) is 0.00629. The number of hydrogen-bond acceptors (Lipinski definition) is 29. The third-order valence-corrected chi connectivity index (χ3v) is 20.5. The van der Waals surface area contributed by atoms with Crippen molar-refractivity contribution in [2.75, 3.05) is 82.5 Å². The number of anilines is 1. The number of fused-ring (bicyclic) bond motifs is 1. The first-order valence-electron chi connectivity index (χ1n) is 41.4. The molecule has 0 aliphatic carbocycles. The van der Waals surface area contributed by atoms with Gasteiger partial charge in [0, 0.05) is 38.4 Å². The Balaban J connectivity index is 1.96. The van der Waals surface area contributed by atoms with Gasteiger partial charge in [0.05, 0.1) is 48.7 Å². The molecule has 1 aromatic heterocycles. The summed E-state index contributed by atoms with van der Waals surface area (Å²) in [5.74, 6) is -16.9. The van der Waals surface area contributed by atoms with Crippen LogP contribution in [0, 0.1) is 33.8 Å². The van der Waals surface area contributed by atoms with Crippen molar-refractivity contribution in [3.8, 4) is 0 Å². The zero-order valence-electron chi connectivity index (χ0n) is 72.3. The molecule has 0 saturated heterocycles. The SMILES string of the molecule is CC[C@H](C)[C@H](NC(=O)[C@H](CC(C)C)NC(=O)[C@@H](N)CCCCN)C(=O)NCC(=O)N[C@H](C(=O)N[C@@H](CSCC(=O)OCCN(C)c1ccc([N+](=O)[O-])c2nonc12)C(=O)N[C@@H](CO)C(=O)N[C@@H](CO)C(=O)N[C@@H](CC(C)C)C(=O)N[C@@H](Cc1ccccc1)C(=O)N[C@@H](CCCN=C(N)N)C(=O)N[C@@H](CCCN=C(N)N)C(=O)N[C@@H](CCCCN)C(=O)O)C(C)C. The van der Waals surface area contributed by atoms with Gasteiger partial charge in [-0.25, -0.2) is 9.42 Å². The van der Waals surface area contributed by atoms with Crippen LogP contribution in [0.15, 0.2) is 57.1 Å². The molecule has 0 fully saturated rings. The molecule has 3 rings (SSSR count). The van der Waals surface area contributed by atoms with Gasteiger partial charge < -0.3 is 129 Å². The number of amides is 12. The summed E-state index contributed by atoms with van der Waals surface area (Å²) in [5.41, 5.74) is 39.9. The van der Waals surface area contributed by atoms with E-state index in [4.69, 9.17) is 49.5 Å². The number of esters is 1. The molecule has 29 N–H and O–H groups in total. The number of carboxylic acids is 1. The number of carbonyl (C=O) groups is 14. The molecular formula is C78H129N25O21S. The number of aliphatic hydroxyl groups excluding tert-OH is 2. The fourth-order valence-electron chi connectivity index (χ4n) is 12.4. The minimum absolute atomic E-state index is 0.00173. The lowest BCUT2D eigenvalue weighted by Crippen LogP contribution is -2.62. The van der Waals surface area contributed by atoms with Crippen LogP contribution in [0.2, 0.25) is 0 Å². The van der Waals surface area contributed by atoms with E-state index in [1.54, 1.807) is 70.0 Å². The third-order valence-electron chi connectivity index (χ3n) is 19.5. The summed E-state index contributed by atoms with van der Waals surface area (Å²) >= 11 is 0.745. The fraction of sp³-hybridized carbons (Fsp3) is 0.641. The molecule has 0 saturated carbocycles. The number of aromatic nitrogens is 2. The largest absolute Gasteiger partial charge is 0.480 e. The van der Waals surface area contributed by atoms with Crippen LogP contribution in [0.3, 0.4) is 0 Å². The molecular weight excluding hydrogens is 1660 g/mol. The van der Waals surface area contributed by atoms with E-state index in [1.807, 2.05) is 13.8 Å². The van der Waals surface area contributed by atoms with Crippen molar-refractivity contribution in [3.63, 3.8) is 0 Å². The monoisotopic (exact) mass is 1780 g/mol. The number of unbranched alkanes of at least 4 members (excludes halogenated alkanes) is 2. The number of thioether (sulfide) groups is 1. The van der Waals surface area contributed by atoms with Gasteiger partial charge >= 0.3 is 17.6 Å². The van der Waals surface area contributed by atoms with E-state index >= 15 is 0 Å². The van der Waals surface area contributed by atoms with Gasteiger partial charge in [0.25, 0.3) is 0 Å². The van der Waals surface area contributed by atoms with Gasteiger partial charge in [-0.05, 0) is 129 Å². The lowest BCUT2D eigenvalue weighted by Gasteiger charge is -2.28. The fourth-order valence-corrected chi connectivity index (χ4v) is 13.3. The highest BCUT2D eigenvalue weighted by Gasteiger charge is 2.38. The number of nitrogens with zero attached hydrogens (tertiary/aromatic N) is 6. The first kappa shape index (κ1) is 107. The molecule has 0 aliphatic rings. The summed E-state index contributed by atoms with van der Waals surface area (Å²) in [7, 11) is 1.58. The van der Waals surface area contributed by atoms with Gasteiger partial charge in [0.15, 0.2) is 17.4 Å². The van der Waals surface area contributed by atoms with Crippen LogP contribution >= 0.6 is 11.8 Å². The van der Waals surface area contributed by atoms with E-state index in [9.17, 15) is 92.6 Å². The van der Waals surface area contributed by atoms with Crippen molar-refractivity contribution in [2.24, 2.45) is 73.8 Å². The topological polar surface area (TPSA) is 745 Å². The van der Waals surface area contributed by atoms with Gasteiger partial charge in [-0.3, -0.25) is 82.4 Å². The maximum absolute atomic E-state index is 14.8. The average molecular weight is 1790 g/mol. The molecule has 13 atom stereocenters. The normalized spacial score (nSPS) is 14.3.